The van der Waals surface area contributed by atoms with Crippen molar-refractivity contribution in [3.8, 4) is 0 Å². The quantitative estimate of drug-likeness (QED) is 0.663. The zero-order valence-corrected chi connectivity index (χ0v) is 8.46. The number of hydrogen-bond donors (Lipinski definition) is 2. The summed E-state index contributed by atoms with van der Waals surface area (Å²) in [5.74, 6) is -0.698. The maximum atomic E-state index is 10.6. The molecule has 4 nitrogen and oxygen atoms in total. The number of likely N-dealkylation sites (tertiary alicyclic amines) is 1. The fourth-order valence-electron chi connectivity index (χ4n) is 2.72. The van der Waals surface area contributed by atoms with Crippen LogP contribution in [0.2, 0.25) is 0 Å². The maximum absolute atomic E-state index is 10.6. The molecular weight excluding hydrogens is 180 g/mol. The summed E-state index contributed by atoms with van der Waals surface area (Å²) < 4.78 is 0. The molecule has 0 saturated carbocycles. The van der Waals surface area contributed by atoms with Gasteiger partial charge in [0, 0.05) is 6.54 Å². The molecule has 2 fully saturated rings. The number of nitrogens with zero attached hydrogens (tertiary/aromatic N) is 1. The fraction of sp³-hybridized carbons (Fsp3) is 0.900. The zero-order chi connectivity index (χ0) is 10.0. The third-order valence-corrected chi connectivity index (χ3v) is 3.54. The molecule has 2 heterocycles. The lowest BCUT2D eigenvalue weighted by molar-refractivity contribution is -0.138. The Morgan fingerprint density at radius 1 is 1.36 bits per heavy atom. The molecule has 2 saturated heterocycles. The molecule has 4 heteroatoms. The van der Waals surface area contributed by atoms with Crippen LogP contribution in [0.4, 0.5) is 0 Å². The molecule has 2 rings (SSSR count). The zero-order valence-electron chi connectivity index (χ0n) is 8.46. The van der Waals surface area contributed by atoms with E-state index in [0.29, 0.717) is 5.41 Å². The summed E-state index contributed by atoms with van der Waals surface area (Å²) in [5, 5.41) is 12.1. The number of carboxylic acids is 1. The molecule has 0 aromatic carbocycles. The van der Waals surface area contributed by atoms with Crippen LogP contribution in [0.15, 0.2) is 0 Å². The number of piperidine rings is 1. The van der Waals surface area contributed by atoms with Crippen LogP contribution in [0.3, 0.4) is 0 Å². The van der Waals surface area contributed by atoms with Crippen LogP contribution in [-0.4, -0.2) is 48.7 Å². The number of hydrogen-bond acceptors (Lipinski definition) is 3. The molecule has 0 aromatic rings. The minimum Gasteiger partial charge on any atom is -0.480 e. The van der Waals surface area contributed by atoms with E-state index in [9.17, 15) is 4.79 Å². The predicted octanol–water partition coefficient (Wildman–Crippen LogP) is 0.146. The standard InChI is InChI=1S/C10H18N2O2/c13-9(14)7-12-6-3-10(8-12)1-4-11-5-2-10/h11H,1-8H2,(H,13,14). The van der Waals surface area contributed by atoms with Crippen LogP contribution in [0, 0.1) is 5.41 Å². The van der Waals surface area contributed by atoms with Crippen LogP contribution in [0.5, 0.6) is 0 Å². The van der Waals surface area contributed by atoms with Crippen LogP contribution < -0.4 is 5.32 Å². The minimum atomic E-state index is -0.698. The van der Waals surface area contributed by atoms with Crippen molar-refractivity contribution in [1.29, 1.82) is 0 Å². The number of aliphatic carboxylic acids is 1. The highest BCUT2D eigenvalue weighted by Crippen LogP contribution is 2.38. The molecule has 80 valence electrons. The van der Waals surface area contributed by atoms with Gasteiger partial charge in [-0.15, -0.1) is 0 Å². The lowest BCUT2D eigenvalue weighted by Gasteiger charge is -2.33. The molecule has 2 N–H and O–H groups in total. The molecule has 0 unspecified atom stereocenters. The molecule has 0 atom stereocenters. The molecule has 0 radical (unpaired) electrons. The third kappa shape index (κ3) is 2.07. The molecule has 2 aliphatic rings. The smallest absolute Gasteiger partial charge is 0.317 e. The highest BCUT2D eigenvalue weighted by Gasteiger charge is 2.38. The first kappa shape index (κ1) is 9.93. The highest BCUT2D eigenvalue weighted by atomic mass is 16.4. The average molecular weight is 198 g/mol. The Bertz CT molecular complexity index is 224. The normalized spacial score (nSPS) is 26.9. The Labute approximate surface area is 84.3 Å². The summed E-state index contributed by atoms with van der Waals surface area (Å²) in [6, 6.07) is 0. The molecule has 0 aromatic heterocycles. The summed E-state index contributed by atoms with van der Waals surface area (Å²) in [4.78, 5) is 12.6. The lowest BCUT2D eigenvalue weighted by Crippen LogP contribution is -2.39. The van der Waals surface area contributed by atoms with Gasteiger partial charge in [0.05, 0.1) is 6.54 Å². The van der Waals surface area contributed by atoms with Crippen LogP contribution in [0.25, 0.3) is 0 Å². The van der Waals surface area contributed by atoms with Gasteiger partial charge in [-0.25, -0.2) is 0 Å². The van der Waals surface area contributed by atoms with Gasteiger partial charge in [0.15, 0.2) is 0 Å². The van der Waals surface area contributed by atoms with E-state index in [1.807, 2.05) is 0 Å². The van der Waals surface area contributed by atoms with Gasteiger partial charge >= 0.3 is 5.97 Å². The molecule has 0 bridgehead atoms. The summed E-state index contributed by atoms with van der Waals surface area (Å²) >= 11 is 0. The van der Waals surface area contributed by atoms with E-state index in [1.54, 1.807) is 0 Å². The number of carboxylic acid groups (broad SMARTS) is 1. The van der Waals surface area contributed by atoms with Crippen molar-refractivity contribution in [3.63, 3.8) is 0 Å². The first-order chi connectivity index (χ1) is 6.70. The Kier molecular flexibility index (Phi) is 2.74. The van der Waals surface area contributed by atoms with E-state index in [1.165, 1.54) is 19.3 Å². The second-order valence-electron chi connectivity index (χ2n) is 4.60. The lowest BCUT2D eigenvalue weighted by atomic mass is 9.78. The van der Waals surface area contributed by atoms with E-state index < -0.39 is 5.97 Å². The molecule has 0 amide bonds. The summed E-state index contributed by atoms with van der Waals surface area (Å²) in [5.41, 5.74) is 0.431. The second kappa shape index (κ2) is 3.87. The van der Waals surface area contributed by atoms with Crippen molar-refractivity contribution >= 4 is 5.97 Å². The van der Waals surface area contributed by atoms with Gasteiger partial charge in [-0.2, -0.15) is 0 Å². The fourth-order valence-corrected chi connectivity index (χ4v) is 2.72. The monoisotopic (exact) mass is 198 g/mol. The molecule has 1 spiro atoms. The number of nitrogens with one attached hydrogen (secondary N) is 1. The van der Waals surface area contributed by atoms with Crippen molar-refractivity contribution < 1.29 is 9.90 Å². The summed E-state index contributed by atoms with van der Waals surface area (Å²) in [7, 11) is 0. The van der Waals surface area contributed by atoms with Crippen molar-refractivity contribution in [1.82, 2.24) is 10.2 Å². The SMILES string of the molecule is O=C(O)CN1CCC2(CCNCC2)C1. The molecule has 0 aliphatic carbocycles. The first-order valence-corrected chi connectivity index (χ1v) is 5.35. The first-order valence-electron chi connectivity index (χ1n) is 5.35. The predicted molar refractivity (Wildman–Crippen MR) is 53.2 cm³/mol. The van der Waals surface area contributed by atoms with E-state index >= 15 is 0 Å². The average Bonchev–Trinajstić information content (AvgIpc) is 2.49. The molecule has 2 aliphatic heterocycles. The summed E-state index contributed by atoms with van der Waals surface area (Å²) in [6.45, 7) is 4.37. The van der Waals surface area contributed by atoms with Gasteiger partial charge in [-0.05, 0) is 44.3 Å². The van der Waals surface area contributed by atoms with Crippen molar-refractivity contribution in [3.05, 3.63) is 0 Å². The topological polar surface area (TPSA) is 52.6 Å². The van der Waals surface area contributed by atoms with Gasteiger partial charge < -0.3 is 10.4 Å². The van der Waals surface area contributed by atoms with E-state index in [4.69, 9.17) is 5.11 Å². The van der Waals surface area contributed by atoms with Crippen molar-refractivity contribution in [2.75, 3.05) is 32.7 Å². The second-order valence-corrected chi connectivity index (χ2v) is 4.60. The maximum Gasteiger partial charge on any atom is 0.317 e. The Hall–Kier alpha value is -0.610. The van der Waals surface area contributed by atoms with E-state index in [-0.39, 0.29) is 6.54 Å². The summed E-state index contributed by atoms with van der Waals surface area (Å²) in [6.07, 6.45) is 3.61. The van der Waals surface area contributed by atoms with Crippen molar-refractivity contribution in [2.45, 2.75) is 19.3 Å². The Balaban J connectivity index is 1.89. The largest absolute Gasteiger partial charge is 0.480 e. The van der Waals surface area contributed by atoms with Crippen LogP contribution in [-0.2, 0) is 4.79 Å². The van der Waals surface area contributed by atoms with Gasteiger partial charge in [0.2, 0.25) is 0 Å². The number of rotatable bonds is 2. The third-order valence-electron chi connectivity index (χ3n) is 3.54. The van der Waals surface area contributed by atoms with Gasteiger partial charge in [-0.1, -0.05) is 0 Å². The minimum absolute atomic E-state index is 0.217. The highest BCUT2D eigenvalue weighted by molar-refractivity contribution is 5.69. The molecule has 14 heavy (non-hydrogen) atoms. The number of carbonyl (C=O) groups is 1. The van der Waals surface area contributed by atoms with Gasteiger partial charge in [-0.3, -0.25) is 9.69 Å². The van der Waals surface area contributed by atoms with Crippen LogP contribution >= 0.6 is 0 Å². The van der Waals surface area contributed by atoms with E-state index in [2.05, 4.69) is 10.2 Å². The molecular formula is C10H18N2O2. The van der Waals surface area contributed by atoms with Crippen molar-refractivity contribution in [2.24, 2.45) is 5.41 Å². The Morgan fingerprint density at radius 3 is 2.71 bits per heavy atom. The van der Waals surface area contributed by atoms with Gasteiger partial charge in [0.25, 0.3) is 0 Å². The van der Waals surface area contributed by atoms with E-state index in [0.717, 1.165) is 26.2 Å². The van der Waals surface area contributed by atoms with Gasteiger partial charge in [0.1, 0.15) is 0 Å². The van der Waals surface area contributed by atoms with Crippen LogP contribution in [0.1, 0.15) is 19.3 Å². The Morgan fingerprint density at radius 2 is 2.07 bits per heavy atom.